The Kier molecular flexibility index (Phi) is 5.07. The summed E-state index contributed by atoms with van der Waals surface area (Å²) in [5.74, 6) is -5.74. The van der Waals surface area contributed by atoms with Crippen LogP contribution in [0.2, 0.25) is 0 Å². The van der Waals surface area contributed by atoms with Crippen LogP contribution in [0.25, 0.3) is 10.9 Å². The molecule has 0 unspecified atom stereocenters. The van der Waals surface area contributed by atoms with Gasteiger partial charge in [0.25, 0.3) is 11.5 Å². The lowest BCUT2D eigenvalue weighted by Gasteiger charge is -2.21. The molecule has 3 rings (SSSR count). The van der Waals surface area contributed by atoms with Gasteiger partial charge in [-0.1, -0.05) is 0 Å². The van der Waals surface area contributed by atoms with Crippen LogP contribution in [0.15, 0.2) is 29.5 Å². The molecule has 2 N–H and O–H groups in total. The van der Waals surface area contributed by atoms with Gasteiger partial charge in [-0.3, -0.25) is 19.6 Å². The van der Waals surface area contributed by atoms with E-state index in [0.717, 1.165) is 0 Å². The van der Waals surface area contributed by atoms with Gasteiger partial charge in [0.15, 0.2) is 5.69 Å². The first kappa shape index (κ1) is 20.0. The summed E-state index contributed by atoms with van der Waals surface area (Å²) >= 11 is 0. The fourth-order valence-corrected chi connectivity index (χ4v) is 3.10. The van der Waals surface area contributed by atoms with E-state index in [2.05, 4.69) is 25.3 Å². The predicted molar refractivity (Wildman–Crippen MR) is 99.0 cm³/mol. The molecule has 0 fully saturated rings. The molecular weight excluding hydrogens is 382 g/mol. The summed E-state index contributed by atoms with van der Waals surface area (Å²) in [5.41, 5.74) is -0.933. The number of carbonyl (C=O) groups excluding carboxylic acids is 1. The number of halogens is 2. The number of hydrogen-bond acceptors (Lipinski definition) is 6. The van der Waals surface area contributed by atoms with Gasteiger partial charge in [-0.25, -0.2) is 4.98 Å². The van der Waals surface area contributed by atoms with Crippen LogP contribution in [-0.4, -0.2) is 25.8 Å². The highest BCUT2D eigenvalue weighted by atomic mass is 19.3. The molecule has 0 bridgehead atoms. The van der Waals surface area contributed by atoms with E-state index < -0.39 is 29.0 Å². The molecular formula is C19H16F2N6O2. The van der Waals surface area contributed by atoms with Crippen LogP contribution in [-0.2, 0) is 10.7 Å². The first-order valence-corrected chi connectivity index (χ1v) is 8.56. The Hall–Kier alpha value is -3.74. The standard InChI is InChI=1S/C19H16F2N6O2/c1-9-15-11(3)23-5-4-13(15)27-17(28)16(9)19(20,21)18(29)26-10(2)14-8-24-12(6-22)7-25-14/h4-5,7-8,10H,1-3H3,(H,26,29)(H,27,28)/t10-/m1/s1. The van der Waals surface area contributed by atoms with E-state index in [9.17, 15) is 18.4 Å². The summed E-state index contributed by atoms with van der Waals surface area (Å²) in [6, 6.07) is 2.37. The minimum atomic E-state index is -4.09. The van der Waals surface area contributed by atoms with E-state index in [0.29, 0.717) is 16.6 Å². The molecule has 29 heavy (non-hydrogen) atoms. The Labute approximate surface area is 163 Å². The Bertz CT molecular complexity index is 1200. The number of carbonyl (C=O) groups is 1. The average molecular weight is 398 g/mol. The molecule has 10 heteroatoms. The summed E-state index contributed by atoms with van der Waals surface area (Å²) < 4.78 is 30.0. The van der Waals surface area contributed by atoms with E-state index in [1.807, 2.05) is 0 Å². The van der Waals surface area contributed by atoms with Gasteiger partial charge in [-0.15, -0.1) is 0 Å². The molecule has 0 radical (unpaired) electrons. The number of nitrogens with one attached hydrogen (secondary N) is 2. The summed E-state index contributed by atoms with van der Waals surface area (Å²) in [4.78, 5) is 38.9. The van der Waals surface area contributed by atoms with Crippen molar-refractivity contribution in [1.82, 2.24) is 25.3 Å². The van der Waals surface area contributed by atoms with Gasteiger partial charge >= 0.3 is 5.92 Å². The highest BCUT2D eigenvalue weighted by Crippen LogP contribution is 2.32. The molecule has 8 nitrogen and oxygen atoms in total. The number of amides is 1. The van der Waals surface area contributed by atoms with Gasteiger partial charge < -0.3 is 10.3 Å². The van der Waals surface area contributed by atoms with Gasteiger partial charge in [0, 0.05) is 17.3 Å². The van der Waals surface area contributed by atoms with Crippen LogP contribution < -0.4 is 10.9 Å². The van der Waals surface area contributed by atoms with Crippen molar-refractivity contribution in [2.24, 2.45) is 0 Å². The molecule has 0 aliphatic rings. The number of pyridine rings is 2. The number of nitriles is 1. The van der Waals surface area contributed by atoms with Crippen LogP contribution in [0.3, 0.4) is 0 Å². The number of hydrogen-bond donors (Lipinski definition) is 2. The number of alkyl halides is 2. The molecule has 3 heterocycles. The third kappa shape index (κ3) is 3.54. The number of rotatable bonds is 4. The molecule has 0 aliphatic heterocycles. The van der Waals surface area contributed by atoms with E-state index in [-0.39, 0.29) is 17.0 Å². The minimum absolute atomic E-state index is 0.0136. The molecule has 0 aromatic carbocycles. The zero-order chi connectivity index (χ0) is 21.3. The molecule has 148 valence electrons. The monoisotopic (exact) mass is 398 g/mol. The Balaban J connectivity index is 1.97. The molecule has 1 amide bonds. The third-order valence-electron chi connectivity index (χ3n) is 4.54. The summed E-state index contributed by atoms with van der Waals surface area (Å²) in [7, 11) is 0. The molecule has 3 aromatic rings. The lowest BCUT2D eigenvalue weighted by Crippen LogP contribution is -2.43. The van der Waals surface area contributed by atoms with Crippen LogP contribution in [0.1, 0.15) is 41.2 Å². The lowest BCUT2D eigenvalue weighted by molar-refractivity contribution is -0.148. The van der Waals surface area contributed by atoms with Crippen LogP contribution in [0.4, 0.5) is 8.78 Å². The van der Waals surface area contributed by atoms with Crippen molar-refractivity contribution in [2.75, 3.05) is 0 Å². The summed E-state index contributed by atoms with van der Waals surface area (Å²) in [5, 5.41) is 11.2. The molecule has 0 spiro atoms. The van der Waals surface area contributed by atoms with Crippen molar-refractivity contribution in [3.8, 4) is 6.07 Å². The number of aromatic nitrogens is 4. The minimum Gasteiger partial charge on any atom is -0.342 e. The van der Waals surface area contributed by atoms with Crippen LogP contribution in [0, 0.1) is 25.2 Å². The second-order valence-electron chi connectivity index (χ2n) is 6.48. The van der Waals surface area contributed by atoms with Crippen molar-refractivity contribution in [1.29, 1.82) is 5.26 Å². The Morgan fingerprint density at radius 2 is 2.00 bits per heavy atom. The molecule has 0 saturated heterocycles. The molecule has 0 saturated carbocycles. The number of aromatic amines is 1. The van der Waals surface area contributed by atoms with Crippen molar-refractivity contribution in [3.05, 3.63) is 63.2 Å². The van der Waals surface area contributed by atoms with E-state index in [1.165, 1.54) is 38.5 Å². The predicted octanol–water partition coefficient (Wildman–Crippen LogP) is 2.17. The number of aryl methyl sites for hydroxylation is 2. The topological polar surface area (TPSA) is 124 Å². The third-order valence-corrected chi connectivity index (χ3v) is 4.54. The highest BCUT2D eigenvalue weighted by Gasteiger charge is 2.45. The maximum absolute atomic E-state index is 15.0. The van der Waals surface area contributed by atoms with Gasteiger partial charge in [0.05, 0.1) is 35.2 Å². The maximum atomic E-state index is 15.0. The summed E-state index contributed by atoms with van der Waals surface area (Å²) in [6.07, 6.45) is 3.84. The van der Waals surface area contributed by atoms with Crippen molar-refractivity contribution >= 4 is 16.8 Å². The highest BCUT2D eigenvalue weighted by molar-refractivity contribution is 5.90. The Morgan fingerprint density at radius 1 is 1.28 bits per heavy atom. The Morgan fingerprint density at radius 3 is 2.62 bits per heavy atom. The van der Waals surface area contributed by atoms with Gasteiger partial charge in [0.1, 0.15) is 6.07 Å². The van der Waals surface area contributed by atoms with Crippen molar-refractivity contribution in [2.45, 2.75) is 32.7 Å². The van der Waals surface area contributed by atoms with Crippen molar-refractivity contribution in [3.63, 3.8) is 0 Å². The van der Waals surface area contributed by atoms with E-state index in [4.69, 9.17) is 5.26 Å². The van der Waals surface area contributed by atoms with Gasteiger partial charge in [-0.05, 0) is 32.4 Å². The van der Waals surface area contributed by atoms with Crippen molar-refractivity contribution < 1.29 is 13.6 Å². The lowest BCUT2D eigenvalue weighted by atomic mass is 9.98. The van der Waals surface area contributed by atoms with Gasteiger partial charge in [-0.2, -0.15) is 14.0 Å². The molecule has 3 aromatic heterocycles. The first-order chi connectivity index (χ1) is 13.7. The number of nitrogens with zero attached hydrogens (tertiary/aromatic N) is 4. The normalized spacial score (nSPS) is 12.4. The maximum Gasteiger partial charge on any atom is 0.355 e. The molecule has 1 atom stereocenters. The second kappa shape index (κ2) is 7.35. The SMILES string of the molecule is Cc1nccc2[nH]c(=O)c(C(F)(F)C(=O)N[C@H](C)c3cnc(C#N)cn3)c(C)c12. The zero-order valence-corrected chi connectivity index (χ0v) is 15.7. The fourth-order valence-electron chi connectivity index (χ4n) is 3.10. The van der Waals surface area contributed by atoms with Crippen LogP contribution in [0.5, 0.6) is 0 Å². The summed E-state index contributed by atoms with van der Waals surface area (Å²) in [6.45, 7) is 4.43. The smallest absolute Gasteiger partial charge is 0.342 e. The zero-order valence-electron chi connectivity index (χ0n) is 15.7. The van der Waals surface area contributed by atoms with E-state index in [1.54, 1.807) is 13.0 Å². The quantitative estimate of drug-likeness (QED) is 0.694. The van der Waals surface area contributed by atoms with Gasteiger partial charge in [0.2, 0.25) is 0 Å². The molecule has 0 aliphatic carbocycles. The number of fused-ring (bicyclic) bond motifs is 1. The number of H-pyrrole nitrogens is 1. The fraction of sp³-hybridized carbons (Fsp3) is 0.263. The largest absolute Gasteiger partial charge is 0.355 e. The first-order valence-electron chi connectivity index (χ1n) is 8.56. The van der Waals surface area contributed by atoms with E-state index >= 15 is 0 Å². The van der Waals surface area contributed by atoms with Crippen LogP contribution >= 0.6 is 0 Å². The second-order valence-corrected chi connectivity index (χ2v) is 6.48. The average Bonchev–Trinajstić information content (AvgIpc) is 2.67.